The minimum atomic E-state index is -0.0756. The van der Waals surface area contributed by atoms with E-state index in [-0.39, 0.29) is 5.91 Å². The molecule has 1 saturated heterocycles. The molecule has 0 saturated carbocycles. The molecule has 1 aromatic heterocycles. The number of benzene rings is 2. The fourth-order valence-corrected chi connectivity index (χ4v) is 4.64. The Labute approximate surface area is 189 Å². The molecule has 1 aliphatic heterocycles. The van der Waals surface area contributed by atoms with Crippen molar-refractivity contribution in [2.75, 3.05) is 24.2 Å². The standard InChI is InChI=1S/C26H29N3OS/c1-19-6-7-22(17-25(19)31-2)26(30)28-18-23-16-21(12-13-27-23)20-8-10-24(11-9-20)29-14-4-3-5-15-29/h6-13,16-17H,3-5,14-15,18H2,1-2H3,(H,28,30). The number of pyridine rings is 1. The maximum atomic E-state index is 12.6. The molecule has 160 valence electrons. The maximum absolute atomic E-state index is 12.6. The smallest absolute Gasteiger partial charge is 0.251 e. The van der Waals surface area contributed by atoms with Crippen molar-refractivity contribution in [2.45, 2.75) is 37.6 Å². The second-order valence-electron chi connectivity index (χ2n) is 8.00. The van der Waals surface area contributed by atoms with E-state index in [4.69, 9.17) is 0 Å². The number of carbonyl (C=O) groups excluding carboxylic acids is 1. The van der Waals surface area contributed by atoms with Gasteiger partial charge in [0, 0.05) is 35.4 Å². The molecule has 1 fully saturated rings. The lowest BCUT2D eigenvalue weighted by atomic mass is 10.0. The van der Waals surface area contributed by atoms with Crippen LogP contribution in [0.1, 0.15) is 40.9 Å². The SMILES string of the molecule is CSc1cc(C(=O)NCc2cc(-c3ccc(N4CCCCC4)cc3)ccn2)ccc1C. The van der Waals surface area contributed by atoms with Crippen molar-refractivity contribution in [3.63, 3.8) is 0 Å². The summed E-state index contributed by atoms with van der Waals surface area (Å²) in [5.41, 5.74) is 6.29. The van der Waals surface area contributed by atoms with E-state index < -0.39 is 0 Å². The Morgan fingerprint density at radius 3 is 2.52 bits per heavy atom. The number of hydrogen-bond acceptors (Lipinski definition) is 4. The van der Waals surface area contributed by atoms with Crippen LogP contribution >= 0.6 is 11.8 Å². The summed E-state index contributed by atoms with van der Waals surface area (Å²) in [6.07, 6.45) is 7.74. The molecule has 0 radical (unpaired) electrons. The fourth-order valence-electron chi connectivity index (χ4n) is 4.01. The van der Waals surface area contributed by atoms with Crippen LogP contribution in [0.5, 0.6) is 0 Å². The van der Waals surface area contributed by atoms with Crippen LogP contribution in [0.15, 0.2) is 65.7 Å². The monoisotopic (exact) mass is 431 g/mol. The lowest BCUT2D eigenvalue weighted by molar-refractivity contribution is 0.0950. The van der Waals surface area contributed by atoms with Gasteiger partial charge in [0.1, 0.15) is 0 Å². The Bertz CT molecular complexity index is 1040. The summed E-state index contributed by atoms with van der Waals surface area (Å²) in [7, 11) is 0. The lowest BCUT2D eigenvalue weighted by Crippen LogP contribution is -2.29. The highest BCUT2D eigenvalue weighted by molar-refractivity contribution is 7.98. The second kappa shape index (κ2) is 10.0. The Morgan fingerprint density at radius 2 is 1.77 bits per heavy atom. The molecule has 0 spiro atoms. The molecule has 0 atom stereocenters. The second-order valence-corrected chi connectivity index (χ2v) is 8.85. The molecule has 5 heteroatoms. The van der Waals surface area contributed by atoms with E-state index in [0.29, 0.717) is 12.1 Å². The molecule has 4 nitrogen and oxygen atoms in total. The molecule has 31 heavy (non-hydrogen) atoms. The number of aryl methyl sites for hydroxylation is 1. The number of carbonyl (C=O) groups is 1. The number of nitrogens with one attached hydrogen (secondary N) is 1. The molecule has 0 unspecified atom stereocenters. The van der Waals surface area contributed by atoms with E-state index in [2.05, 4.69) is 52.5 Å². The first kappa shape index (κ1) is 21.4. The zero-order valence-electron chi connectivity index (χ0n) is 18.2. The average Bonchev–Trinajstić information content (AvgIpc) is 2.83. The van der Waals surface area contributed by atoms with Crippen molar-refractivity contribution in [3.8, 4) is 11.1 Å². The third-order valence-electron chi connectivity index (χ3n) is 5.84. The molecule has 0 aliphatic carbocycles. The number of piperidine rings is 1. The topological polar surface area (TPSA) is 45.2 Å². The number of rotatable bonds is 6. The van der Waals surface area contributed by atoms with E-state index in [1.54, 1.807) is 11.8 Å². The van der Waals surface area contributed by atoms with Gasteiger partial charge in [0.2, 0.25) is 0 Å². The summed E-state index contributed by atoms with van der Waals surface area (Å²) in [5, 5.41) is 3.00. The normalized spacial score (nSPS) is 13.8. The third-order valence-corrected chi connectivity index (χ3v) is 6.72. The van der Waals surface area contributed by atoms with Crippen LogP contribution in [-0.2, 0) is 6.54 Å². The van der Waals surface area contributed by atoms with Gasteiger partial charge in [0.25, 0.3) is 5.91 Å². The number of nitrogens with zero attached hydrogens (tertiary/aromatic N) is 2. The van der Waals surface area contributed by atoms with Crippen LogP contribution in [0.2, 0.25) is 0 Å². The Morgan fingerprint density at radius 1 is 1.00 bits per heavy atom. The summed E-state index contributed by atoms with van der Waals surface area (Å²) in [6, 6.07) is 18.7. The van der Waals surface area contributed by atoms with Gasteiger partial charge < -0.3 is 10.2 Å². The Kier molecular flexibility index (Phi) is 6.92. The van der Waals surface area contributed by atoms with Crippen LogP contribution in [-0.4, -0.2) is 30.2 Å². The number of hydrogen-bond donors (Lipinski definition) is 1. The van der Waals surface area contributed by atoms with Gasteiger partial charge in [0.05, 0.1) is 12.2 Å². The van der Waals surface area contributed by atoms with Gasteiger partial charge in [-0.25, -0.2) is 0 Å². The molecule has 1 N–H and O–H groups in total. The predicted octanol–water partition coefficient (Wildman–Crippen LogP) is 5.70. The van der Waals surface area contributed by atoms with Crippen LogP contribution in [0.3, 0.4) is 0 Å². The minimum Gasteiger partial charge on any atom is -0.372 e. The third kappa shape index (κ3) is 5.28. The Balaban J connectivity index is 1.42. The van der Waals surface area contributed by atoms with Crippen LogP contribution < -0.4 is 10.2 Å². The predicted molar refractivity (Wildman–Crippen MR) is 130 cm³/mol. The van der Waals surface area contributed by atoms with E-state index in [9.17, 15) is 4.79 Å². The van der Waals surface area contributed by atoms with Gasteiger partial charge in [-0.3, -0.25) is 9.78 Å². The molecule has 1 aliphatic rings. The fraction of sp³-hybridized carbons (Fsp3) is 0.308. The van der Waals surface area contributed by atoms with Crippen molar-refractivity contribution in [1.29, 1.82) is 0 Å². The molecule has 4 rings (SSSR count). The van der Waals surface area contributed by atoms with Crippen LogP contribution in [0.4, 0.5) is 5.69 Å². The summed E-state index contributed by atoms with van der Waals surface area (Å²) in [4.78, 5) is 20.6. The average molecular weight is 432 g/mol. The van der Waals surface area contributed by atoms with Crippen molar-refractivity contribution in [3.05, 3.63) is 77.6 Å². The highest BCUT2D eigenvalue weighted by Gasteiger charge is 2.11. The first-order valence-electron chi connectivity index (χ1n) is 10.9. The zero-order chi connectivity index (χ0) is 21.6. The van der Waals surface area contributed by atoms with E-state index in [1.165, 1.54) is 36.1 Å². The van der Waals surface area contributed by atoms with Gasteiger partial charge in [-0.2, -0.15) is 0 Å². The molecular formula is C26H29N3OS. The first-order chi connectivity index (χ1) is 15.1. The number of anilines is 1. The highest BCUT2D eigenvalue weighted by Crippen LogP contribution is 2.25. The summed E-state index contributed by atoms with van der Waals surface area (Å²) in [6.45, 7) is 4.76. The largest absolute Gasteiger partial charge is 0.372 e. The first-order valence-corrected chi connectivity index (χ1v) is 12.1. The van der Waals surface area contributed by atoms with Crippen molar-refractivity contribution in [1.82, 2.24) is 10.3 Å². The number of aromatic nitrogens is 1. The van der Waals surface area contributed by atoms with Crippen LogP contribution in [0, 0.1) is 6.92 Å². The van der Waals surface area contributed by atoms with Gasteiger partial charge in [0.15, 0.2) is 0 Å². The van der Waals surface area contributed by atoms with Gasteiger partial charge in [-0.1, -0.05) is 18.2 Å². The molecule has 2 aromatic carbocycles. The number of thioether (sulfide) groups is 1. The van der Waals surface area contributed by atoms with E-state index >= 15 is 0 Å². The zero-order valence-corrected chi connectivity index (χ0v) is 19.0. The molecule has 2 heterocycles. The van der Waals surface area contributed by atoms with Crippen molar-refractivity contribution in [2.24, 2.45) is 0 Å². The Hall–Kier alpha value is -2.79. The lowest BCUT2D eigenvalue weighted by Gasteiger charge is -2.28. The highest BCUT2D eigenvalue weighted by atomic mass is 32.2. The van der Waals surface area contributed by atoms with Gasteiger partial charge in [-0.05, 0) is 85.5 Å². The van der Waals surface area contributed by atoms with Crippen LogP contribution in [0.25, 0.3) is 11.1 Å². The van der Waals surface area contributed by atoms with E-state index in [0.717, 1.165) is 29.2 Å². The van der Waals surface area contributed by atoms with Gasteiger partial charge in [-0.15, -0.1) is 11.8 Å². The molecular weight excluding hydrogens is 402 g/mol. The van der Waals surface area contributed by atoms with E-state index in [1.807, 2.05) is 36.7 Å². The summed E-state index contributed by atoms with van der Waals surface area (Å²) >= 11 is 1.66. The molecule has 0 bridgehead atoms. The van der Waals surface area contributed by atoms with Crippen molar-refractivity contribution < 1.29 is 4.79 Å². The summed E-state index contributed by atoms with van der Waals surface area (Å²) < 4.78 is 0. The molecule has 1 amide bonds. The molecule has 3 aromatic rings. The quantitative estimate of drug-likeness (QED) is 0.509. The summed E-state index contributed by atoms with van der Waals surface area (Å²) in [5.74, 6) is -0.0756. The van der Waals surface area contributed by atoms with Gasteiger partial charge >= 0.3 is 0 Å². The minimum absolute atomic E-state index is 0.0756. The number of amides is 1. The maximum Gasteiger partial charge on any atom is 0.251 e. The van der Waals surface area contributed by atoms with Crippen molar-refractivity contribution >= 4 is 23.4 Å².